The van der Waals surface area contributed by atoms with Gasteiger partial charge in [-0.2, -0.15) is 0 Å². The topological polar surface area (TPSA) is 71.2 Å². The van der Waals surface area contributed by atoms with Crippen LogP contribution in [0.3, 0.4) is 0 Å². The van der Waals surface area contributed by atoms with Gasteiger partial charge in [-0.1, -0.05) is 17.3 Å². The molecule has 1 N–H and O–H groups in total. The molecule has 0 radical (unpaired) electrons. The van der Waals surface area contributed by atoms with Crippen LogP contribution in [0, 0.1) is 5.82 Å². The fourth-order valence-corrected chi connectivity index (χ4v) is 3.11. The Morgan fingerprint density at radius 2 is 2.30 bits per heavy atom. The van der Waals surface area contributed by atoms with E-state index in [1.165, 1.54) is 10.7 Å². The molecule has 0 aliphatic carbocycles. The lowest BCUT2D eigenvalue weighted by molar-refractivity contribution is -0.137. The van der Waals surface area contributed by atoms with E-state index in [-0.39, 0.29) is 18.4 Å². The highest BCUT2D eigenvalue weighted by Gasteiger charge is 2.26. The third-order valence-corrected chi connectivity index (χ3v) is 4.14. The van der Waals surface area contributed by atoms with E-state index in [0.29, 0.717) is 6.42 Å². The third-order valence-electron chi connectivity index (χ3n) is 4.14. The lowest BCUT2D eigenvalue weighted by Gasteiger charge is -2.24. The van der Waals surface area contributed by atoms with Crippen LogP contribution < -0.4 is 0 Å². The van der Waals surface area contributed by atoms with Crippen molar-refractivity contribution < 1.29 is 14.3 Å². The molecule has 0 spiro atoms. The lowest BCUT2D eigenvalue weighted by atomic mass is 10.0. The lowest BCUT2D eigenvalue weighted by Crippen LogP contribution is -2.25. The van der Waals surface area contributed by atoms with E-state index in [4.69, 9.17) is 5.11 Å². The van der Waals surface area contributed by atoms with Crippen LogP contribution in [0.1, 0.15) is 30.1 Å². The van der Waals surface area contributed by atoms with Crippen molar-refractivity contribution in [3.63, 3.8) is 0 Å². The van der Waals surface area contributed by atoms with Gasteiger partial charge in [-0.3, -0.25) is 9.69 Å². The van der Waals surface area contributed by atoms with Gasteiger partial charge in [-0.25, -0.2) is 9.07 Å². The highest BCUT2D eigenvalue weighted by Crippen LogP contribution is 2.31. The molecule has 1 aliphatic rings. The van der Waals surface area contributed by atoms with Crippen molar-refractivity contribution in [2.24, 2.45) is 0 Å². The molecule has 0 saturated carbocycles. The molecule has 1 fully saturated rings. The molecule has 1 aromatic heterocycles. The molecule has 23 heavy (non-hydrogen) atoms. The van der Waals surface area contributed by atoms with E-state index in [1.807, 2.05) is 6.07 Å². The molecular formula is C16H19FN4O2. The predicted molar refractivity (Wildman–Crippen MR) is 81.3 cm³/mol. The first kappa shape index (κ1) is 15.6. The maximum Gasteiger partial charge on any atom is 0.325 e. The monoisotopic (exact) mass is 318 g/mol. The number of likely N-dealkylation sites (tertiary alicyclic amines) is 1. The zero-order valence-electron chi connectivity index (χ0n) is 12.7. The number of carboxylic acid groups (broad SMARTS) is 1. The minimum absolute atomic E-state index is 0.178. The maximum absolute atomic E-state index is 13.4. The quantitative estimate of drug-likeness (QED) is 0.880. The minimum Gasteiger partial charge on any atom is -0.480 e. The number of carbonyl (C=O) groups is 1. The van der Waals surface area contributed by atoms with Crippen LogP contribution in [0.25, 0.3) is 0 Å². The van der Waals surface area contributed by atoms with Crippen molar-refractivity contribution >= 4 is 5.97 Å². The summed E-state index contributed by atoms with van der Waals surface area (Å²) in [5.74, 6) is -1.14. The summed E-state index contributed by atoms with van der Waals surface area (Å²) in [6, 6.07) is 7.02. The molecule has 1 unspecified atom stereocenters. The summed E-state index contributed by atoms with van der Waals surface area (Å²) >= 11 is 0. The standard InChI is InChI=1S/C16H19FN4O2/c17-13-4-1-3-12(9-13)15-5-2-7-20(15)8-6-14-10-21(19-18-14)11-16(22)23/h1,3-4,9-10,15H,2,5-8,11H2,(H,22,23). The number of aliphatic carboxylic acids is 1. The molecule has 1 aliphatic heterocycles. The number of carboxylic acids is 1. The summed E-state index contributed by atoms with van der Waals surface area (Å²) in [5, 5.41) is 16.5. The van der Waals surface area contributed by atoms with Crippen LogP contribution >= 0.6 is 0 Å². The highest BCUT2D eigenvalue weighted by molar-refractivity contribution is 5.66. The average Bonchev–Trinajstić information content (AvgIpc) is 3.13. The average molecular weight is 318 g/mol. The van der Waals surface area contributed by atoms with Gasteiger partial charge < -0.3 is 5.11 Å². The second-order valence-corrected chi connectivity index (χ2v) is 5.80. The molecule has 2 aromatic rings. The molecule has 1 atom stereocenters. The van der Waals surface area contributed by atoms with Crippen LogP contribution in [0.15, 0.2) is 30.5 Å². The Balaban J connectivity index is 1.61. The summed E-state index contributed by atoms with van der Waals surface area (Å²) in [6.07, 6.45) is 4.48. The Morgan fingerprint density at radius 1 is 1.43 bits per heavy atom. The maximum atomic E-state index is 13.4. The van der Waals surface area contributed by atoms with Gasteiger partial charge >= 0.3 is 5.97 Å². The summed E-state index contributed by atoms with van der Waals surface area (Å²) in [6.45, 7) is 1.60. The number of hydrogen-bond acceptors (Lipinski definition) is 4. The SMILES string of the molecule is O=C(O)Cn1cc(CCN2CCCC2c2cccc(F)c2)nn1. The van der Waals surface area contributed by atoms with Crippen LogP contribution in [-0.2, 0) is 17.8 Å². The van der Waals surface area contributed by atoms with E-state index in [0.717, 1.165) is 37.2 Å². The van der Waals surface area contributed by atoms with Gasteiger partial charge in [-0.05, 0) is 37.1 Å². The zero-order valence-corrected chi connectivity index (χ0v) is 12.7. The van der Waals surface area contributed by atoms with Crippen LogP contribution in [-0.4, -0.2) is 44.1 Å². The van der Waals surface area contributed by atoms with Gasteiger partial charge in [-0.15, -0.1) is 5.10 Å². The normalized spacial score (nSPS) is 18.4. The number of rotatable bonds is 6. The van der Waals surface area contributed by atoms with Crippen molar-refractivity contribution in [2.45, 2.75) is 31.8 Å². The summed E-state index contributed by atoms with van der Waals surface area (Å²) < 4.78 is 14.7. The number of aromatic nitrogens is 3. The smallest absolute Gasteiger partial charge is 0.325 e. The second-order valence-electron chi connectivity index (χ2n) is 5.80. The van der Waals surface area contributed by atoms with E-state index in [2.05, 4.69) is 15.2 Å². The van der Waals surface area contributed by atoms with Crippen LogP contribution in [0.2, 0.25) is 0 Å². The van der Waals surface area contributed by atoms with Gasteiger partial charge in [0.25, 0.3) is 0 Å². The molecule has 2 heterocycles. The molecule has 0 bridgehead atoms. The largest absolute Gasteiger partial charge is 0.480 e. The number of nitrogens with zero attached hydrogens (tertiary/aromatic N) is 4. The van der Waals surface area contributed by atoms with Crippen molar-refractivity contribution in [3.8, 4) is 0 Å². The van der Waals surface area contributed by atoms with E-state index < -0.39 is 5.97 Å². The molecule has 0 amide bonds. The molecule has 6 nitrogen and oxygen atoms in total. The molecule has 3 rings (SSSR count). The van der Waals surface area contributed by atoms with Crippen molar-refractivity contribution in [3.05, 3.63) is 47.5 Å². The van der Waals surface area contributed by atoms with Gasteiger partial charge in [0, 0.05) is 25.2 Å². The Kier molecular flexibility index (Phi) is 4.66. The number of hydrogen-bond donors (Lipinski definition) is 1. The van der Waals surface area contributed by atoms with E-state index in [9.17, 15) is 9.18 Å². The summed E-state index contributed by atoms with van der Waals surface area (Å²) in [5.41, 5.74) is 1.79. The molecular weight excluding hydrogens is 299 g/mol. The van der Waals surface area contributed by atoms with Crippen LogP contribution in [0.4, 0.5) is 4.39 Å². The Bertz CT molecular complexity index is 688. The predicted octanol–water partition coefficient (Wildman–Crippen LogP) is 1.88. The molecule has 1 saturated heterocycles. The number of benzene rings is 1. The zero-order chi connectivity index (χ0) is 16.2. The summed E-state index contributed by atoms with van der Waals surface area (Å²) in [7, 11) is 0. The van der Waals surface area contributed by atoms with Crippen LogP contribution in [0.5, 0.6) is 0 Å². The Hall–Kier alpha value is -2.28. The van der Waals surface area contributed by atoms with Crippen molar-refractivity contribution in [1.82, 2.24) is 19.9 Å². The Morgan fingerprint density at radius 3 is 3.09 bits per heavy atom. The third kappa shape index (κ3) is 3.92. The van der Waals surface area contributed by atoms with Crippen molar-refractivity contribution in [2.75, 3.05) is 13.1 Å². The van der Waals surface area contributed by atoms with Crippen molar-refractivity contribution in [1.29, 1.82) is 0 Å². The minimum atomic E-state index is -0.938. The first-order chi connectivity index (χ1) is 11.1. The fraction of sp³-hybridized carbons (Fsp3) is 0.438. The first-order valence-corrected chi connectivity index (χ1v) is 7.72. The first-order valence-electron chi connectivity index (χ1n) is 7.72. The second kappa shape index (κ2) is 6.87. The van der Waals surface area contributed by atoms with E-state index >= 15 is 0 Å². The molecule has 122 valence electrons. The van der Waals surface area contributed by atoms with Gasteiger partial charge in [0.2, 0.25) is 0 Å². The molecule has 1 aromatic carbocycles. The highest BCUT2D eigenvalue weighted by atomic mass is 19.1. The molecule has 7 heteroatoms. The fourth-order valence-electron chi connectivity index (χ4n) is 3.11. The van der Waals surface area contributed by atoms with Gasteiger partial charge in [0.05, 0.1) is 5.69 Å². The van der Waals surface area contributed by atoms with Gasteiger partial charge in [0.1, 0.15) is 12.4 Å². The Labute approximate surface area is 133 Å². The number of halogens is 1. The van der Waals surface area contributed by atoms with Gasteiger partial charge in [0.15, 0.2) is 0 Å². The summed E-state index contributed by atoms with van der Waals surface area (Å²) in [4.78, 5) is 13.0. The van der Waals surface area contributed by atoms with E-state index in [1.54, 1.807) is 18.3 Å².